The highest BCUT2D eigenvalue weighted by Crippen LogP contribution is 2.39. The molecule has 2 heterocycles. The van der Waals surface area contributed by atoms with Crippen molar-refractivity contribution in [3.05, 3.63) is 27.9 Å². The number of carbonyl (C=O) groups is 1. The van der Waals surface area contributed by atoms with Gasteiger partial charge in [-0.05, 0) is 12.8 Å². The number of carbonyl (C=O) groups excluding carboxylic acids is 1. The van der Waals surface area contributed by atoms with Gasteiger partial charge < -0.3 is 15.0 Å². The minimum absolute atomic E-state index is 0.106. The molecule has 0 bridgehead atoms. The van der Waals surface area contributed by atoms with Gasteiger partial charge in [-0.3, -0.25) is 9.59 Å². The number of aromatic nitrogens is 2. The van der Waals surface area contributed by atoms with E-state index < -0.39 is 36.3 Å². The first kappa shape index (κ1) is 14.1. The Hall–Kier alpha value is -1.90. The predicted octanol–water partition coefficient (Wildman–Crippen LogP) is 0.396. The van der Waals surface area contributed by atoms with E-state index in [-0.39, 0.29) is 11.6 Å². The van der Waals surface area contributed by atoms with Gasteiger partial charge in [0.1, 0.15) is 11.5 Å². The van der Waals surface area contributed by atoms with Crippen molar-refractivity contribution in [3.8, 4) is 0 Å². The third-order valence-corrected chi connectivity index (χ3v) is 3.66. The van der Waals surface area contributed by atoms with Crippen LogP contribution >= 0.6 is 0 Å². The Labute approximate surface area is 116 Å². The number of hydrogen-bond acceptors (Lipinski definition) is 4. The van der Waals surface area contributed by atoms with Crippen LogP contribution in [0.15, 0.2) is 10.9 Å². The Morgan fingerprint density at radius 1 is 1.43 bits per heavy atom. The average Bonchev–Trinajstić information content (AvgIpc) is 3.16. The lowest BCUT2D eigenvalue weighted by Gasteiger charge is -2.46. The van der Waals surface area contributed by atoms with E-state index >= 15 is 0 Å². The highest BCUT2D eigenvalue weighted by molar-refractivity contribution is 5.93. The van der Waals surface area contributed by atoms with Crippen molar-refractivity contribution in [1.82, 2.24) is 14.9 Å². The zero-order valence-corrected chi connectivity index (χ0v) is 10.8. The van der Waals surface area contributed by atoms with E-state index in [0.29, 0.717) is 5.82 Å². The fourth-order valence-corrected chi connectivity index (χ4v) is 2.21. The van der Waals surface area contributed by atoms with Crippen molar-refractivity contribution < 1.29 is 23.1 Å². The van der Waals surface area contributed by atoms with E-state index in [1.165, 1.54) is 0 Å². The molecule has 1 saturated heterocycles. The summed E-state index contributed by atoms with van der Waals surface area (Å²) >= 11 is 0. The lowest BCUT2D eigenvalue weighted by molar-refractivity contribution is -0.294. The summed E-state index contributed by atoms with van der Waals surface area (Å²) < 4.78 is 37.5. The van der Waals surface area contributed by atoms with Crippen molar-refractivity contribution in [3.63, 3.8) is 0 Å². The van der Waals surface area contributed by atoms with Crippen LogP contribution in [0.2, 0.25) is 0 Å². The van der Waals surface area contributed by atoms with Gasteiger partial charge in [0.05, 0.1) is 13.1 Å². The predicted molar refractivity (Wildman–Crippen MR) is 63.7 cm³/mol. The molecule has 2 N–H and O–H groups in total. The zero-order chi connectivity index (χ0) is 15.4. The molecule has 21 heavy (non-hydrogen) atoms. The number of likely N-dealkylation sites (tertiary alicyclic amines) is 1. The van der Waals surface area contributed by atoms with Gasteiger partial charge in [0.2, 0.25) is 0 Å². The maximum Gasteiger partial charge on any atom is 0.420 e. The van der Waals surface area contributed by atoms with Gasteiger partial charge in [-0.1, -0.05) is 0 Å². The highest BCUT2D eigenvalue weighted by Gasteiger charge is 2.62. The van der Waals surface area contributed by atoms with Gasteiger partial charge >= 0.3 is 6.18 Å². The summed E-state index contributed by atoms with van der Waals surface area (Å²) in [7, 11) is 0. The molecule has 6 nitrogen and oxygen atoms in total. The zero-order valence-electron chi connectivity index (χ0n) is 10.8. The van der Waals surface area contributed by atoms with Crippen LogP contribution in [0, 0.1) is 0 Å². The molecule has 9 heteroatoms. The van der Waals surface area contributed by atoms with Crippen molar-refractivity contribution in [2.45, 2.75) is 30.5 Å². The third-order valence-electron chi connectivity index (χ3n) is 3.66. The number of H-pyrrole nitrogens is 1. The van der Waals surface area contributed by atoms with E-state index in [4.69, 9.17) is 0 Å². The molecule has 2 aliphatic rings. The second-order valence-electron chi connectivity index (χ2n) is 5.48. The summed E-state index contributed by atoms with van der Waals surface area (Å²) in [4.78, 5) is 30.8. The molecule has 2 fully saturated rings. The van der Waals surface area contributed by atoms with Crippen molar-refractivity contribution >= 4 is 5.91 Å². The SMILES string of the molecule is O=C(c1cc(=O)[nH]c(C2CC2)n1)N1CC(O)(C(F)(F)F)C1. The number of aromatic amines is 1. The van der Waals surface area contributed by atoms with Crippen LogP contribution in [0.4, 0.5) is 13.2 Å². The van der Waals surface area contributed by atoms with E-state index in [2.05, 4.69) is 9.97 Å². The van der Waals surface area contributed by atoms with Crippen molar-refractivity contribution in [1.29, 1.82) is 0 Å². The molecule has 114 valence electrons. The molecular formula is C12H12F3N3O3. The molecule has 0 spiro atoms. The standard InChI is InChI=1S/C12H12F3N3O3/c13-12(14,15)11(21)4-18(5-11)10(20)7-3-8(19)17-9(16-7)6-1-2-6/h3,6,21H,1-2,4-5H2,(H,16,17,19). The maximum absolute atomic E-state index is 12.5. The lowest BCUT2D eigenvalue weighted by Crippen LogP contribution is -2.70. The average molecular weight is 303 g/mol. The van der Waals surface area contributed by atoms with Crippen LogP contribution in [0.25, 0.3) is 0 Å². The molecule has 1 aliphatic carbocycles. The van der Waals surface area contributed by atoms with Crippen LogP contribution in [-0.4, -0.2) is 50.7 Å². The van der Waals surface area contributed by atoms with Crippen LogP contribution in [-0.2, 0) is 0 Å². The van der Waals surface area contributed by atoms with E-state index in [1.54, 1.807) is 0 Å². The van der Waals surface area contributed by atoms with Crippen LogP contribution < -0.4 is 5.56 Å². The molecule has 1 aliphatic heterocycles. The number of β-amino-alcohol motifs (C(OH)–C–C–N with tert-alkyl or cyclic N) is 1. The summed E-state index contributed by atoms with van der Waals surface area (Å²) in [5.41, 5.74) is -3.57. The van der Waals surface area contributed by atoms with Crippen LogP contribution in [0.5, 0.6) is 0 Å². The third kappa shape index (κ3) is 2.41. The Morgan fingerprint density at radius 2 is 2.05 bits per heavy atom. The van der Waals surface area contributed by atoms with Gasteiger partial charge in [0, 0.05) is 12.0 Å². The monoisotopic (exact) mass is 303 g/mol. The van der Waals surface area contributed by atoms with Gasteiger partial charge in [0.25, 0.3) is 11.5 Å². The van der Waals surface area contributed by atoms with Crippen molar-refractivity contribution in [2.75, 3.05) is 13.1 Å². The number of aliphatic hydroxyl groups is 1. The van der Waals surface area contributed by atoms with Crippen LogP contribution in [0.3, 0.4) is 0 Å². The Kier molecular flexibility index (Phi) is 2.88. The number of halogens is 3. The molecule has 0 radical (unpaired) electrons. The largest absolute Gasteiger partial charge is 0.420 e. The topological polar surface area (TPSA) is 86.3 Å². The fourth-order valence-electron chi connectivity index (χ4n) is 2.21. The molecule has 3 rings (SSSR count). The first-order valence-corrected chi connectivity index (χ1v) is 6.39. The molecule has 0 aromatic carbocycles. The van der Waals surface area contributed by atoms with Crippen LogP contribution in [0.1, 0.15) is 35.1 Å². The second kappa shape index (κ2) is 4.30. The van der Waals surface area contributed by atoms with Gasteiger partial charge in [-0.2, -0.15) is 13.2 Å². The second-order valence-corrected chi connectivity index (χ2v) is 5.48. The quantitative estimate of drug-likeness (QED) is 0.828. The lowest BCUT2D eigenvalue weighted by atomic mass is 9.93. The minimum atomic E-state index is -4.79. The van der Waals surface area contributed by atoms with E-state index in [0.717, 1.165) is 23.8 Å². The van der Waals surface area contributed by atoms with Gasteiger partial charge in [-0.25, -0.2) is 4.98 Å². The van der Waals surface area contributed by atoms with E-state index in [9.17, 15) is 27.9 Å². The summed E-state index contributed by atoms with van der Waals surface area (Å²) in [6.07, 6.45) is -3.07. The number of nitrogens with one attached hydrogen (secondary N) is 1. The number of amides is 1. The number of rotatable bonds is 2. The summed E-state index contributed by atoms with van der Waals surface area (Å²) in [5, 5.41) is 9.31. The molecule has 1 aromatic heterocycles. The molecule has 1 aromatic rings. The smallest absolute Gasteiger partial charge is 0.378 e. The Bertz CT molecular complexity index is 645. The van der Waals surface area contributed by atoms with Gasteiger partial charge in [0.15, 0.2) is 5.60 Å². The number of hydrogen-bond donors (Lipinski definition) is 2. The molecule has 1 amide bonds. The van der Waals surface area contributed by atoms with Crippen molar-refractivity contribution in [2.24, 2.45) is 0 Å². The first-order chi connectivity index (χ1) is 9.69. The first-order valence-electron chi connectivity index (χ1n) is 6.39. The molecule has 0 atom stereocenters. The number of nitrogens with zero attached hydrogens (tertiary/aromatic N) is 2. The summed E-state index contributed by atoms with van der Waals surface area (Å²) in [5.74, 6) is -0.289. The maximum atomic E-state index is 12.5. The molecule has 0 unspecified atom stereocenters. The highest BCUT2D eigenvalue weighted by atomic mass is 19.4. The fraction of sp³-hybridized carbons (Fsp3) is 0.583. The normalized spacial score (nSPS) is 21.0. The number of alkyl halides is 3. The molecule has 1 saturated carbocycles. The molecular weight excluding hydrogens is 291 g/mol. The summed E-state index contributed by atoms with van der Waals surface area (Å²) in [6.45, 7) is -1.69. The van der Waals surface area contributed by atoms with E-state index in [1.807, 2.05) is 0 Å². The van der Waals surface area contributed by atoms with Gasteiger partial charge in [-0.15, -0.1) is 0 Å². The summed E-state index contributed by atoms with van der Waals surface area (Å²) in [6, 6.07) is 0.958. The Balaban J connectivity index is 1.77. The minimum Gasteiger partial charge on any atom is -0.378 e. The Morgan fingerprint density at radius 3 is 2.57 bits per heavy atom.